The minimum absolute atomic E-state index is 0.155. The summed E-state index contributed by atoms with van der Waals surface area (Å²) in [6.45, 7) is 2.22. The van der Waals surface area contributed by atoms with Crippen molar-refractivity contribution in [3.8, 4) is 5.75 Å². The van der Waals surface area contributed by atoms with Crippen LogP contribution in [0.1, 0.15) is 44.5 Å². The zero-order chi connectivity index (χ0) is 20.5. The van der Waals surface area contributed by atoms with Crippen molar-refractivity contribution in [1.82, 2.24) is 5.32 Å². The van der Waals surface area contributed by atoms with Crippen LogP contribution in [-0.2, 0) is 12.8 Å². The third-order valence-corrected chi connectivity index (χ3v) is 6.68. The molecule has 3 aromatic rings. The molecule has 2 N–H and O–H groups in total. The van der Waals surface area contributed by atoms with Crippen molar-refractivity contribution < 1.29 is 14.3 Å². The average molecular weight is 409 g/mol. The molecule has 0 aliphatic heterocycles. The van der Waals surface area contributed by atoms with Gasteiger partial charge in [0.05, 0.1) is 18.2 Å². The fourth-order valence-electron chi connectivity index (χ4n) is 3.94. The summed E-state index contributed by atoms with van der Waals surface area (Å²) in [5.74, 6) is 0.669. The van der Waals surface area contributed by atoms with Crippen molar-refractivity contribution >= 4 is 38.9 Å². The zero-order valence-electron chi connectivity index (χ0n) is 16.8. The number of ether oxygens (including phenoxy) is 1. The first-order chi connectivity index (χ1) is 14.0. The lowest BCUT2D eigenvalue weighted by Crippen LogP contribution is -2.22. The first-order valence-electron chi connectivity index (χ1n) is 9.76. The molecule has 0 unspecified atom stereocenters. The van der Waals surface area contributed by atoms with E-state index < -0.39 is 0 Å². The van der Waals surface area contributed by atoms with Gasteiger partial charge in [-0.2, -0.15) is 0 Å². The molecule has 1 heterocycles. The van der Waals surface area contributed by atoms with Crippen LogP contribution in [0.2, 0.25) is 0 Å². The number of nitrogens with one attached hydrogen (secondary N) is 2. The van der Waals surface area contributed by atoms with Gasteiger partial charge in [0.1, 0.15) is 10.8 Å². The number of anilines is 1. The fraction of sp³-hybridized carbons (Fsp3) is 0.304. The van der Waals surface area contributed by atoms with Gasteiger partial charge in [-0.25, -0.2) is 0 Å². The molecule has 0 saturated carbocycles. The molecule has 6 heteroatoms. The summed E-state index contributed by atoms with van der Waals surface area (Å²) < 4.78 is 5.47. The number of amides is 2. The average Bonchev–Trinajstić information content (AvgIpc) is 3.08. The smallest absolute Gasteiger partial charge is 0.260 e. The molecule has 0 saturated heterocycles. The number of methoxy groups -OCH3 is 1. The monoisotopic (exact) mass is 408 g/mol. The Hall–Kier alpha value is -2.86. The predicted octanol–water partition coefficient (Wildman–Crippen LogP) is 4.65. The van der Waals surface area contributed by atoms with Gasteiger partial charge in [0.2, 0.25) is 0 Å². The van der Waals surface area contributed by atoms with Crippen LogP contribution < -0.4 is 15.4 Å². The maximum Gasteiger partial charge on any atom is 0.260 e. The number of benzene rings is 2. The first-order valence-corrected chi connectivity index (χ1v) is 10.6. The topological polar surface area (TPSA) is 67.4 Å². The van der Waals surface area contributed by atoms with Gasteiger partial charge in [0.25, 0.3) is 11.8 Å². The van der Waals surface area contributed by atoms with Crippen molar-refractivity contribution in [2.24, 2.45) is 5.92 Å². The molecule has 150 valence electrons. The Labute approximate surface area is 174 Å². The molecule has 5 nitrogen and oxygen atoms in total. The zero-order valence-corrected chi connectivity index (χ0v) is 17.6. The fourth-order valence-corrected chi connectivity index (χ4v) is 5.34. The Morgan fingerprint density at radius 1 is 1.14 bits per heavy atom. The van der Waals surface area contributed by atoms with Crippen molar-refractivity contribution in [2.75, 3.05) is 19.5 Å². The van der Waals surface area contributed by atoms with Crippen LogP contribution in [0.4, 0.5) is 5.00 Å². The number of fused-ring (bicyclic) bond motifs is 2. The molecular weight excluding hydrogens is 384 g/mol. The number of hydrogen-bond acceptors (Lipinski definition) is 4. The van der Waals surface area contributed by atoms with E-state index in [1.165, 1.54) is 16.2 Å². The van der Waals surface area contributed by atoms with Crippen molar-refractivity contribution in [1.29, 1.82) is 0 Å². The lowest BCUT2D eigenvalue weighted by Gasteiger charge is -2.18. The molecule has 0 bridgehead atoms. The number of hydrogen-bond donors (Lipinski definition) is 2. The summed E-state index contributed by atoms with van der Waals surface area (Å²) in [4.78, 5) is 26.9. The third kappa shape index (κ3) is 3.60. The van der Waals surface area contributed by atoms with Crippen LogP contribution >= 0.6 is 11.3 Å². The summed E-state index contributed by atoms with van der Waals surface area (Å²) in [7, 11) is 3.18. The lowest BCUT2D eigenvalue weighted by atomic mass is 9.88. The van der Waals surface area contributed by atoms with E-state index in [0.717, 1.165) is 35.6 Å². The van der Waals surface area contributed by atoms with E-state index in [9.17, 15) is 9.59 Å². The number of carbonyl (C=O) groups excluding carboxylic acids is 2. The molecule has 0 fully saturated rings. The largest absolute Gasteiger partial charge is 0.496 e. The molecule has 2 amide bonds. The molecule has 4 rings (SSSR count). The van der Waals surface area contributed by atoms with E-state index in [2.05, 4.69) is 17.6 Å². The van der Waals surface area contributed by atoms with Crippen LogP contribution in [-0.4, -0.2) is 26.0 Å². The van der Waals surface area contributed by atoms with Gasteiger partial charge in [-0.15, -0.1) is 11.3 Å². The van der Waals surface area contributed by atoms with Gasteiger partial charge < -0.3 is 15.4 Å². The van der Waals surface area contributed by atoms with E-state index in [0.29, 0.717) is 27.8 Å². The number of carbonyl (C=O) groups is 2. The van der Waals surface area contributed by atoms with Gasteiger partial charge in [-0.05, 0) is 53.6 Å². The van der Waals surface area contributed by atoms with Gasteiger partial charge >= 0.3 is 0 Å². The molecule has 2 aromatic carbocycles. The van der Waals surface area contributed by atoms with E-state index in [1.807, 2.05) is 36.4 Å². The standard InChI is InChI=1S/C23H24N2O3S/c1-13-8-9-16-19(10-13)29-23(20(16)22(27)24-2)25-21(26)17-11-14-6-4-5-7-15(14)12-18(17)28-3/h4-7,11-13H,8-10H2,1-3H3,(H,24,27)(H,25,26)/t13-/m0/s1. The maximum atomic E-state index is 13.2. The lowest BCUT2D eigenvalue weighted by molar-refractivity contribution is 0.0963. The van der Waals surface area contributed by atoms with Gasteiger partial charge in [0, 0.05) is 11.9 Å². The molecule has 1 aliphatic rings. The molecule has 29 heavy (non-hydrogen) atoms. The predicted molar refractivity (Wildman–Crippen MR) is 117 cm³/mol. The highest BCUT2D eigenvalue weighted by molar-refractivity contribution is 7.17. The van der Waals surface area contributed by atoms with Gasteiger partial charge in [0.15, 0.2) is 0 Å². The Balaban J connectivity index is 1.74. The highest BCUT2D eigenvalue weighted by Crippen LogP contribution is 2.40. The minimum Gasteiger partial charge on any atom is -0.496 e. The second-order valence-electron chi connectivity index (χ2n) is 7.49. The van der Waals surface area contributed by atoms with Crippen LogP contribution in [0.3, 0.4) is 0 Å². The number of thiophene rings is 1. The second-order valence-corrected chi connectivity index (χ2v) is 8.59. The quantitative estimate of drug-likeness (QED) is 0.660. The van der Waals surface area contributed by atoms with E-state index in [1.54, 1.807) is 14.2 Å². The Kier molecular flexibility index (Phi) is 5.28. The van der Waals surface area contributed by atoms with E-state index in [-0.39, 0.29) is 11.8 Å². The second kappa shape index (κ2) is 7.87. The van der Waals surface area contributed by atoms with Crippen LogP contribution in [0, 0.1) is 5.92 Å². The van der Waals surface area contributed by atoms with Crippen molar-refractivity contribution in [2.45, 2.75) is 26.2 Å². The summed E-state index contributed by atoms with van der Waals surface area (Å²) in [6.07, 6.45) is 2.86. The third-order valence-electron chi connectivity index (χ3n) is 5.51. The molecule has 1 atom stereocenters. The van der Waals surface area contributed by atoms with E-state index >= 15 is 0 Å². The van der Waals surface area contributed by atoms with Crippen molar-refractivity contribution in [3.63, 3.8) is 0 Å². The Bertz CT molecular complexity index is 1100. The highest BCUT2D eigenvalue weighted by atomic mass is 32.1. The minimum atomic E-state index is -0.274. The summed E-state index contributed by atoms with van der Waals surface area (Å²) in [5, 5.41) is 8.30. The molecular formula is C23H24N2O3S. The van der Waals surface area contributed by atoms with Crippen LogP contribution in [0.15, 0.2) is 36.4 Å². The molecule has 0 radical (unpaired) electrons. The van der Waals surface area contributed by atoms with Crippen LogP contribution in [0.25, 0.3) is 10.8 Å². The molecule has 1 aliphatic carbocycles. The first kappa shape index (κ1) is 19.5. The maximum absolute atomic E-state index is 13.2. The summed E-state index contributed by atoms with van der Waals surface area (Å²) >= 11 is 1.52. The summed E-state index contributed by atoms with van der Waals surface area (Å²) in [5.41, 5.74) is 2.13. The number of rotatable bonds is 4. The highest BCUT2D eigenvalue weighted by Gasteiger charge is 2.28. The Morgan fingerprint density at radius 3 is 2.55 bits per heavy atom. The SMILES string of the molecule is CNC(=O)c1c(NC(=O)c2cc3ccccc3cc2OC)sc2c1CC[C@H](C)C2. The van der Waals surface area contributed by atoms with E-state index in [4.69, 9.17) is 4.74 Å². The molecule has 1 aromatic heterocycles. The van der Waals surface area contributed by atoms with Gasteiger partial charge in [-0.3, -0.25) is 9.59 Å². The Morgan fingerprint density at radius 2 is 1.86 bits per heavy atom. The van der Waals surface area contributed by atoms with Crippen molar-refractivity contribution in [3.05, 3.63) is 58.0 Å². The summed E-state index contributed by atoms with van der Waals surface area (Å²) in [6, 6.07) is 11.5. The normalized spacial score (nSPS) is 15.6. The van der Waals surface area contributed by atoms with Gasteiger partial charge in [-0.1, -0.05) is 31.2 Å². The molecule has 0 spiro atoms. The van der Waals surface area contributed by atoms with Crippen LogP contribution in [0.5, 0.6) is 5.75 Å².